The molecule has 2 aliphatic heterocycles. The monoisotopic (exact) mass is 697 g/mol. The van der Waals surface area contributed by atoms with Gasteiger partial charge in [-0.15, -0.1) is 0 Å². The lowest BCUT2D eigenvalue weighted by Gasteiger charge is -2.23. The lowest BCUT2D eigenvalue weighted by atomic mass is 9.98. The smallest absolute Gasteiger partial charge is 0.410 e. The Bertz CT molecular complexity index is 1820. The molecule has 3 heterocycles. The highest BCUT2D eigenvalue weighted by Crippen LogP contribution is 2.44. The molecular formula is C35H32BrN5O6. The van der Waals surface area contributed by atoms with Gasteiger partial charge < -0.3 is 24.9 Å². The number of rotatable bonds is 8. The molecule has 0 spiro atoms. The van der Waals surface area contributed by atoms with Crippen LogP contribution in [-0.4, -0.2) is 70.5 Å². The van der Waals surface area contributed by atoms with Crippen molar-refractivity contribution in [2.24, 2.45) is 5.16 Å². The Morgan fingerprint density at radius 3 is 2.43 bits per heavy atom. The summed E-state index contributed by atoms with van der Waals surface area (Å²) < 4.78 is 12.0. The molecule has 7 rings (SSSR count). The number of carbonyl (C=O) groups is 3. The number of amides is 3. The molecule has 1 aromatic heterocycles. The largest absolute Gasteiger partial charge is 0.449 e. The summed E-state index contributed by atoms with van der Waals surface area (Å²) in [5, 5.41) is 10.5. The van der Waals surface area contributed by atoms with Gasteiger partial charge in [-0.05, 0) is 56.7 Å². The van der Waals surface area contributed by atoms with Gasteiger partial charge in [-0.3, -0.25) is 14.7 Å². The van der Waals surface area contributed by atoms with Gasteiger partial charge in [0.25, 0.3) is 0 Å². The molecule has 4 aromatic rings. The summed E-state index contributed by atoms with van der Waals surface area (Å²) in [5.41, 5.74) is 6.05. The van der Waals surface area contributed by atoms with Crippen molar-refractivity contribution >= 4 is 49.5 Å². The quantitative estimate of drug-likeness (QED) is 0.250. The second-order valence-corrected chi connectivity index (χ2v) is 12.7. The van der Waals surface area contributed by atoms with E-state index >= 15 is 0 Å². The number of nitrogens with one attached hydrogen (secondary N) is 2. The van der Waals surface area contributed by atoms with Crippen LogP contribution in [0.1, 0.15) is 35.4 Å². The minimum atomic E-state index is -0.873. The number of para-hydroxylation sites is 1. The van der Waals surface area contributed by atoms with Gasteiger partial charge in [-0.1, -0.05) is 71.9 Å². The molecule has 0 radical (unpaired) electrons. The van der Waals surface area contributed by atoms with Crippen molar-refractivity contribution in [3.63, 3.8) is 0 Å². The number of likely N-dealkylation sites (tertiary alicyclic amines) is 1. The number of hydrogen-bond donors (Lipinski definition) is 2. The number of fused-ring (bicyclic) bond motifs is 4. The maximum absolute atomic E-state index is 13.4. The molecule has 11 nitrogen and oxygen atoms in total. The second kappa shape index (κ2) is 13.4. The Labute approximate surface area is 279 Å². The first-order valence-electron chi connectivity index (χ1n) is 15.5. The van der Waals surface area contributed by atoms with Gasteiger partial charge in [0, 0.05) is 36.0 Å². The van der Waals surface area contributed by atoms with E-state index in [2.05, 4.69) is 61.0 Å². The molecule has 47 heavy (non-hydrogen) atoms. The molecule has 0 bridgehead atoms. The first-order chi connectivity index (χ1) is 22.9. The lowest BCUT2D eigenvalue weighted by molar-refractivity contribution is -0.125. The van der Waals surface area contributed by atoms with Crippen LogP contribution in [0, 0.1) is 0 Å². The zero-order valence-corrected chi connectivity index (χ0v) is 26.9. The normalized spacial score (nSPS) is 19.8. The maximum Gasteiger partial charge on any atom is 0.410 e. The molecule has 12 heteroatoms. The Kier molecular flexibility index (Phi) is 8.75. The van der Waals surface area contributed by atoms with Crippen LogP contribution in [0.5, 0.6) is 0 Å². The molecule has 1 saturated heterocycles. The molecule has 1 fully saturated rings. The number of nitrogens with zero attached hydrogens (tertiary/aromatic N) is 3. The first kappa shape index (κ1) is 30.7. The van der Waals surface area contributed by atoms with Gasteiger partial charge in [-0.25, -0.2) is 9.59 Å². The van der Waals surface area contributed by atoms with E-state index in [-0.39, 0.29) is 50.7 Å². The van der Waals surface area contributed by atoms with Crippen LogP contribution in [-0.2, 0) is 25.7 Å². The third-order valence-electron chi connectivity index (χ3n) is 8.71. The first-order valence-corrected chi connectivity index (χ1v) is 16.3. The van der Waals surface area contributed by atoms with E-state index in [1.165, 1.54) is 4.90 Å². The summed E-state index contributed by atoms with van der Waals surface area (Å²) in [4.78, 5) is 50.9. The Hall–Kier alpha value is -4.97. The number of alkyl carbamates (subject to hydrolysis) is 1. The van der Waals surface area contributed by atoms with Crippen LogP contribution in [0.25, 0.3) is 22.0 Å². The van der Waals surface area contributed by atoms with Crippen molar-refractivity contribution in [1.82, 2.24) is 20.5 Å². The number of carbonyl (C=O) groups excluding carboxylic acids is 3. The van der Waals surface area contributed by atoms with Crippen molar-refractivity contribution in [1.29, 1.82) is 0 Å². The van der Waals surface area contributed by atoms with E-state index < -0.39 is 24.3 Å². The number of aromatic nitrogens is 1. The number of benzene rings is 3. The van der Waals surface area contributed by atoms with Gasteiger partial charge in [0.15, 0.2) is 6.10 Å². The SMILES string of the molecule is O=C(NC1CC(C(=O)NC[C@@H]2CC(Br)=NO2)N(C(=O)OCc2cnc3ccccc3c2)C1)OCC1c2ccccc2-c2ccccc21. The predicted molar refractivity (Wildman–Crippen MR) is 178 cm³/mol. The zero-order valence-electron chi connectivity index (χ0n) is 25.3. The summed E-state index contributed by atoms with van der Waals surface area (Å²) in [5.74, 6) is -0.467. The maximum atomic E-state index is 13.4. The second-order valence-electron chi connectivity index (χ2n) is 11.8. The van der Waals surface area contributed by atoms with Crippen LogP contribution in [0.2, 0.25) is 0 Å². The molecule has 2 N–H and O–H groups in total. The molecule has 0 saturated carbocycles. The summed E-state index contributed by atoms with van der Waals surface area (Å²) in [6.45, 7) is 0.421. The zero-order chi connectivity index (χ0) is 32.3. The highest BCUT2D eigenvalue weighted by atomic mass is 79.9. The van der Waals surface area contributed by atoms with Gasteiger partial charge in [0.1, 0.15) is 23.9 Å². The average Bonchev–Trinajstić information content (AvgIpc) is 3.80. The summed E-state index contributed by atoms with van der Waals surface area (Å²) in [6.07, 6.45) is 0.780. The fourth-order valence-electron chi connectivity index (χ4n) is 6.46. The lowest BCUT2D eigenvalue weighted by Crippen LogP contribution is -2.47. The van der Waals surface area contributed by atoms with Crippen molar-refractivity contribution in [2.45, 2.75) is 43.6 Å². The minimum Gasteiger partial charge on any atom is -0.449 e. The predicted octanol–water partition coefficient (Wildman–Crippen LogP) is 5.47. The van der Waals surface area contributed by atoms with Gasteiger partial charge in [0.05, 0.1) is 18.1 Å². The number of pyridine rings is 1. The van der Waals surface area contributed by atoms with Crippen molar-refractivity contribution in [3.8, 4) is 11.1 Å². The van der Waals surface area contributed by atoms with E-state index in [9.17, 15) is 14.4 Å². The number of ether oxygens (including phenoxy) is 2. The molecule has 3 aromatic carbocycles. The number of hydrogen-bond acceptors (Lipinski definition) is 8. The Balaban J connectivity index is 0.995. The Morgan fingerprint density at radius 1 is 0.957 bits per heavy atom. The molecule has 3 atom stereocenters. The average molecular weight is 699 g/mol. The van der Waals surface area contributed by atoms with E-state index in [1.54, 1.807) is 6.20 Å². The summed E-state index contributed by atoms with van der Waals surface area (Å²) in [7, 11) is 0. The fourth-order valence-corrected chi connectivity index (χ4v) is 6.90. The van der Waals surface area contributed by atoms with Crippen LogP contribution in [0.3, 0.4) is 0 Å². The van der Waals surface area contributed by atoms with Crippen LogP contribution >= 0.6 is 15.9 Å². The molecule has 2 unspecified atom stereocenters. The minimum absolute atomic E-state index is 0.0206. The van der Waals surface area contributed by atoms with E-state index in [1.807, 2.05) is 54.6 Å². The third kappa shape index (κ3) is 6.64. The molecule has 3 amide bonds. The molecule has 3 aliphatic rings. The summed E-state index contributed by atoms with van der Waals surface area (Å²) in [6, 6.07) is 24.4. The Morgan fingerprint density at radius 2 is 1.68 bits per heavy atom. The van der Waals surface area contributed by atoms with Crippen LogP contribution in [0.15, 0.2) is 90.2 Å². The van der Waals surface area contributed by atoms with E-state index in [0.29, 0.717) is 11.0 Å². The van der Waals surface area contributed by atoms with Gasteiger partial charge in [-0.2, -0.15) is 0 Å². The molecule has 240 valence electrons. The molecular weight excluding hydrogens is 666 g/mol. The fraction of sp³-hybridized carbons (Fsp3) is 0.286. The van der Waals surface area contributed by atoms with Crippen molar-refractivity contribution in [3.05, 3.63) is 102 Å². The van der Waals surface area contributed by atoms with E-state index in [4.69, 9.17) is 14.3 Å². The molecule has 1 aliphatic carbocycles. The van der Waals surface area contributed by atoms with Crippen molar-refractivity contribution in [2.75, 3.05) is 19.7 Å². The third-order valence-corrected chi connectivity index (χ3v) is 9.18. The van der Waals surface area contributed by atoms with Gasteiger partial charge >= 0.3 is 12.2 Å². The van der Waals surface area contributed by atoms with Crippen LogP contribution in [0.4, 0.5) is 9.59 Å². The van der Waals surface area contributed by atoms with Crippen molar-refractivity contribution < 1.29 is 28.7 Å². The topological polar surface area (TPSA) is 131 Å². The van der Waals surface area contributed by atoms with Crippen LogP contribution < -0.4 is 10.6 Å². The van der Waals surface area contributed by atoms with Gasteiger partial charge in [0.2, 0.25) is 5.91 Å². The number of halogens is 1. The standard InChI is InChI=1S/C35H32BrN5O6/c36-32-15-24(47-40-32)17-38-33(42)31-14-23(18-41(31)35(44)46-19-21-13-22-7-1-6-12-30(22)37-16-21)39-34(43)45-20-29-27-10-4-2-8-25(27)26-9-3-5-11-28(26)29/h1-13,16,23-24,29,31H,14-15,17-20H2,(H,38,42)(H,39,43)/t23?,24-,31?/m0/s1. The highest BCUT2D eigenvalue weighted by Gasteiger charge is 2.42. The highest BCUT2D eigenvalue weighted by molar-refractivity contribution is 9.18. The number of oxime groups is 1. The van der Waals surface area contributed by atoms with E-state index in [0.717, 1.165) is 38.7 Å². The summed E-state index contributed by atoms with van der Waals surface area (Å²) >= 11 is 3.30.